The van der Waals surface area contributed by atoms with Gasteiger partial charge in [-0.05, 0) is 90.2 Å². The molecule has 2 bridgehead atoms. The second-order valence-electron chi connectivity index (χ2n) is 9.68. The molecule has 0 heterocycles. The van der Waals surface area contributed by atoms with Crippen molar-refractivity contribution in [2.75, 3.05) is 6.61 Å². The van der Waals surface area contributed by atoms with E-state index >= 15 is 0 Å². The Labute approximate surface area is 174 Å². The largest absolute Gasteiger partial charge is 0.494 e. The smallest absolute Gasteiger partial charge is 0.248 e. The Balaban J connectivity index is 1.26. The molecule has 3 aliphatic carbocycles. The van der Waals surface area contributed by atoms with Crippen molar-refractivity contribution in [3.63, 3.8) is 0 Å². The molecule has 29 heavy (non-hydrogen) atoms. The van der Waals surface area contributed by atoms with E-state index in [-0.39, 0.29) is 0 Å². The summed E-state index contributed by atoms with van der Waals surface area (Å²) in [6.07, 6.45) is 5.26. The molecule has 3 nitrogen and oxygen atoms in total. The number of hydrogen-bond acceptors (Lipinski definition) is 2. The Morgan fingerprint density at radius 1 is 1.10 bits per heavy atom. The Morgan fingerprint density at radius 2 is 1.86 bits per heavy atom. The fourth-order valence-corrected chi connectivity index (χ4v) is 5.77. The quantitative estimate of drug-likeness (QED) is 0.595. The van der Waals surface area contributed by atoms with E-state index in [0.29, 0.717) is 11.0 Å². The van der Waals surface area contributed by atoms with Crippen LogP contribution in [0.25, 0.3) is 11.1 Å². The van der Waals surface area contributed by atoms with Crippen molar-refractivity contribution >= 4 is 5.91 Å². The predicted octanol–water partition coefficient (Wildman–Crippen LogP) is 5.93. The number of carbonyl (C=O) groups is 1. The fourth-order valence-electron chi connectivity index (χ4n) is 5.77. The number of nitrogens with two attached hydrogens (primary N) is 1. The van der Waals surface area contributed by atoms with Gasteiger partial charge in [0, 0.05) is 5.56 Å². The molecule has 3 fully saturated rings. The highest BCUT2D eigenvalue weighted by molar-refractivity contribution is 5.94. The van der Waals surface area contributed by atoms with E-state index in [0.717, 1.165) is 53.6 Å². The van der Waals surface area contributed by atoms with Crippen LogP contribution < -0.4 is 10.5 Å². The van der Waals surface area contributed by atoms with Crippen molar-refractivity contribution in [3.8, 4) is 16.9 Å². The maximum Gasteiger partial charge on any atom is 0.248 e. The molecule has 2 N–H and O–H groups in total. The first kappa shape index (κ1) is 20.0. The van der Waals surface area contributed by atoms with Crippen molar-refractivity contribution in [2.45, 2.75) is 46.5 Å². The second kappa shape index (κ2) is 7.85. The molecule has 2 aromatic rings. The monoisotopic (exact) mass is 391 g/mol. The summed E-state index contributed by atoms with van der Waals surface area (Å²) in [4.78, 5) is 11.4. The molecule has 3 aliphatic rings. The number of fused-ring (bicyclic) bond motifs is 2. The van der Waals surface area contributed by atoms with Crippen LogP contribution in [0.1, 0.15) is 56.8 Å². The summed E-state index contributed by atoms with van der Waals surface area (Å²) in [5, 5.41) is 0. The van der Waals surface area contributed by atoms with Gasteiger partial charge in [-0.15, -0.1) is 0 Å². The lowest BCUT2D eigenvalue weighted by Crippen LogP contribution is -2.54. The van der Waals surface area contributed by atoms with Gasteiger partial charge in [-0.25, -0.2) is 0 Å². The van der Waals surface area contributed by atoms with E-state index in [1.807, 2.05) is 42.5 Å². The summed E-state index contributed by atoms with van der Waals surface area (Å²) >= 11 is 0. The van der Waals surface area contributed by atoms with Gasteiger partial charge in [0.1, 0.15) is 5.75 Å². The summed E-state index contributed by atoms with van der Waals surface area (Å²) in [6, 6.07) is 15.5. The maximum atomic E-state index is 11.4. The minimum Gasteiger partial charge on any atom is -0.494 e. The van der Waals surface area contributed by atoms with Crippen LogP contribution in [-0.2, 0) is 0 Å². The van der Waals surface area contributed by atoms with Gasteiger partial charge in [0.15, 0.2) is 0 Å². The maximum absolute atomic E-state index is 11.4. The number of benzene rings is 2. The first-order chi connectivity index (χ1) is 13.9. The lowest BCUT2D eigenvalue weighted by molar-refractivity contribution is -0.130. The van der Waals surface area contributed by atoms with Crippen LogP contribution in [0.4, 0.5) is 0 Å². The molecule has 3 heteroatoms. The molecule has 4 atom stereocenters. The highest BCUT2D eigenvalue weighted by Crippen LogP contribution is 2.63. The normalized spacial score (nSPS) is 27.1. The van der Waals surface area contributed by atoms with E-state index in [4.69, 9.17) is 10.5 Å². The molecule has 0 unspecified atom stereocenters. The Morgan fingerprint density at radius 3 is 2.52 bits per heavy atom. The van der Waals surface area contributed by atoms with Crippen LogP contribution in [0.3, 0.4) is 0 Å². The highest BCUT2D eigenvalue weighted by atomic mass is 16.5. The molecule has 2 aromatic carbocycles. The summed E-state index contributed by atoms with van der Waals surface area (Å²) in [5.41, 5.74) is 8.52. The summed E-state index contributed by atoms with van der Waals surface area (Å²) in [5.74, 6) is 4.09. The Hall–Kier alpha value is -2.29. The van der Waals surface area contributed by atoms with Crippen LogP contribution >= 0.6 is 0 Å². The van der Waals surface area contributed by atoms with Gasteiger partial charge in [0.2, 0.25) is 5.91 Å². The summed E-state index contributed by atoms with van der Waals surface area (Å²) < 4.78 is 5.99. The number of amides is 1. The topological polar surface area (TPSA) is 52.3 Å². The second-order valence-corrected chi connectivity index (χ2v) is 9.68. The van der Waals surface area contributed by atoms with Crippen LogP contribution in [0.5, 0.6) is 5.75 Å². The van der Waals surface area contributed by atoms with Gasteiger partial charge in [0.05, 0.1) is 6.61 Å². The molecule has 0 radical (unpaired) electrons. The molecule has 0 aromatic heterocycles. The predicted molar refractivity (Wildman–Crippen MR) is 118 cm³/mol. The SMILES string of the molecule is C[C@@H]1[C@@H](CCCOc2ccc(-c3cccc(C(N)=O)c3)cc2)C[C@@H]2C[C@H]1C2(C)C. The van der Waals surface area contributed by atoms with Gasteiger partial charge >= 0.3 is 0 Å². The molecule has 154 valence electrons. The van der Waals surface area contributed by atoms with Gasteiger partial charge in [-0.3, -0.25) is 4.79 Å². The highest BCUT2D eigenvalue weighted by Gasteiger charge is 2.55. The van der Waals surface area contributed by atoms with E-state index in [1.54, 1.807) is 6.07 Å². The molecule has 0 spiro atoms. The standard InChI is InChI=1S/C26H33NO2/c1-17-19(15-22-16-24(17)26(22,2)3)8-5-13-29-23-11-9-18(10-12-23)20-6-4-7-21(14-20)25(27)28/h4,6-7,9-12,14,17,19,22,24H,5,8,13,15-16H2,1-3H3,(H2,27,28)/t17-,19+,22-,24-/m1/s1. The molecule has 5 rings (SSSR count). The average Bonchev–Trinajstić information content (AvgIpc) is 2.72. The lowest BCUT2D eigenvalue weighted by atomic mass is 9.43. The van der Waals surface area contributed by atoms with Gasteiger partial charge < -0.3 is 10.5 Å². The van der Waals surface area contributed by atoms with E-state index < -0.39 is 5.91 Å². The number of hydrogen-bond donors (Lipinski definition) is 1. The summed E-state index contributed by atoms with van der Waals surface area (Å²) in [7, 11) is 0. The van der Waals surface area contributed by atoms with Crippen molar-refractivity contribution < 1.29 is 9.53 Å². The molecule has 0 aliphatic heterocycles. The average molecular weight is 392 g/mol. The minimum absolute atomic E-state index is 0.403. The first-order valence-corrected chi connectivity index (χ1v) is 11.0. The van der Waals surface area contributed by atoms with Crippen molar-refractivity contribution in [2.24, 2.45) is 34.8 Å². The molecule has 0 saturated heterocycles. The van der Waals surface area contributed by atoms with E-state index in [1.165, 1.54) is 19.3 Å². The third-order valence-corrected chi connectivity index (χ3v) is 7.83. The molecular weight excluding hydrogens is 358 g/mol. The van der Waals surface area contributed by atoms with Crippen molar-refractivity contribution in [1.29, 1.82) is 0 Å². The number of rotatable bonds is 7. The zero-order valence-corrected chi connectivity index (χ0v) is 17.9. The van der Waals surface area contributed by atoms with Crippen LogP contribution in [-0.4, -0.2) is 12.5 Å². The zero-order valence-electron chi connectivity index (χ0n) is 17.9. The molecular formula is C26H33NO2. The van der Waals surface area contributed by atoms with Crippen LogP contribution in [0.15, 0.2) is 48.5 Å². The van der Waals surface area contributed by atoms with Gasteiger partial charge in [0.25, 0.3) is 0 Å². The van der Waals surface area contributed by atoms with Crippen molar-refractivity contribution in [1.82, 2.24) is 0 Å². The number of carbonyl (C=O) groups excluding carboxylic acids is 1. The third-order valence-electron chi connectivity index (χ3n) is 7.83. The molecule has 3 saturated carbocycles. The Kier molecular flexibility index (Phi) is 5.42. The first-order valence-electron chi connectivity index (χ1n) is 11.0. The van der Waals surface area contributed by atoms with E-state index in [9.17, 15) is 4.79 Å². The van der Waals surface area contributed by atoms with Gasteiger partial charge in [-0.1, -0.05) is 45.0 Å². The van der Waals surface area contributed by atoms with Crippen molar-refractivity contribution in [3.05, 3.63) is 54.1 Å². The Bertz CT molecular complexity index is 871. The fraction of sp³-hybridized carbons (Fsp3) is 0.500. The summed E-state index contributed by atoms with van der Waals surface area (Å²) in [6.45, 7) is 8.18. The molecule has 1 amide bonds. The third kappa shape index (κ3) is 3.92. The van der Waals surface area contributed by atoms with Crippen LogP contribution in [0.2, 0.25) is 0 Å². The zero-order chi connectivity index (χ0) is 20.6. The number of ether oxygens (including phenoxy) is 1. The lowest BCUT2D eigenvalue weighted by Gasteiger charge is -2.62. The van der Waals surface area contributed by atoms with E-state index in [2.05, 4.69) is 20.8 Å². The van der Waals surface area contributed by atoms with Gasteiger partial charge in [-0.2, -0.15) is 0 Å². The minimum atomic E-state index is -0.403. The number of primary amides is 1. The van der Waals surface area contributed by atoms with Crippen LogP contribution in [0, 0.1) is 29.1 Å².